The average molecular weight is 642 g/mol. The van der Waals surface area contributed by atoms with E-state index in [9.17, 15) is 14.4 Å². The molecule has 11 heteroatoms. The van der Waals surface area contributed by atoms with Crippen molar-refractivity contribution in [2.75, 3.05) is 34.8 Å². The van der Waals surface area contributed by atoms with Crippen LogP contribution < -0.4 is 5.32 Å². The van der Waals surface area contributed by atoms with E-state index in [2.05, 4.69) is 44.9 Å². The van der Waals surface area contributed by atoms with Crippen molar-refractivity contribution in [2.24, 2.45) is 11.8 Å². The van der Waals surface area contributed by atoms with Crippen LogP contribution in [-0.4, -0.2) is 92.9 Å². The van der Waals surface area contributed by atoms with Crippen LogP contribution in [0.2, 0.25) is 18.1 Å². The van der Waals surface area contributed by atoms with Gasteiger partial charge in [-0.05, 0) is 57.2 Å². The monoisotopic (exact) mass is 641 g/mol. The smallest absolute Gasteiger partial charge is 0.357 e. The molecule has 0 aliphatic rings. The summed E-state index contributed by atoms with van der Waals surface area (Å²) >= 11 is 1.41. The Balaban J connectivity index is 3.50. The van der Waals surface area contributed by atoms with E-state index in [0.717, 1.165) is 29.6 Å². The van der Waals surface area contributed by atoms with Gasteiger partial charge >= 0.3 is 5.97 Å². The van der Waals surface area contributed by atoms with Gasteiger partial charge in [0, 0.05) is 18.5 Å². The summed E-state index contributed by atoms with van der Waals surface area (Å²) in [6, 6.07) is 2.08. The number of hydrogen-bond donors (Lipinski definition) is 1. The van der Waals surface area contributed by atoms with Crippen LogP contribution in [0.3, 0.4) is 0 Å². The molecule has 1 heterocycles. The maximum atomic E-state index is 14.2. The summed E-state index contributed by atoms with van der Waals surface area (Å²) in [7, 11) is 5.72. The normalized spacial score (nSPS) is 15.5. The molecule has 0 aliphatic heterocycles. The maximum Gasteiger partial charge on any atom is 0.357 e. The largest absolute Gasteiger partial charge is 0.461 e. The third-order valence-electron chi connectivity index (χ3n) is 9.68. The summed E-state index contributed by atoms with van der Waals surface area (Å²) in [4.78, 5) is 46.7. The van der Waals surface area contributed by atoms with Gasteiger partial charge in [-0.15, -0.1) is 11.3 Å². The fourth-order valence-corrected chi connectivity index (χ4v) is 8.75. The van der Waals surface area contributed by atoms with Crippen LogP contribution >= 0.6 is 11.3 Å². The van der Waals surface area contributed by atoms with Gasteiger partial charge in [0.1, 0.15) is 11.0 Å². The lowest BCUT2D eigenvalue weighted by molar-refractivity contribution is -0.908. The number of thiazole rings is 1. The summed E-state index contributed by atoms with van der Waals surface area (Å²) in [5, 5.41) is 5.61. The number of carbonyl (C=O) groups excluding carboxylic acids is 3. The molecule has 0 saturated heterocycles. The van der Waals surface area contributed by atoms with Crippen LogP contribution in [0.1, 0.15) is 104 Å². The van der Waals surface area contributed by atoms with Gasteiger partial charge < -0.3 is 23.9 Å². The summed E-state index contributed by atoms with van der Waals surface area (Å²) in [5.41, 5.74) is -0.436. The average Bonchev–Trinajstić information content (AvgIpc) is 3.45. The second kappa shape index (κ2) is 16.5. The molecule has 9 nitrogen and oxygen atoms in total. The first-order valence-corrected chi connectivity index (χ1v) is 19.5. The Bertz CT molecular complexity index is 1040. The zero-order valence-corrected chi connectivity index (χ0v) is 31.3. The first-order chi connectivity index (χ1) is 19.9. The van der Waals surface area contributed by atoms with Gasteiger partial charge in [0.15, 0.2) is 19.6 Å². The molecule has 248 valence electrons. The van der Waals surface area contributed by atoms with E-state index in [1.807, 2.05) is 60.8 Å². The number of nitrogens with one attached hydrogen (secondary N) is 1. The van der Waals surface area contributed by atoms with Crippen molar-refractivity contribution < 1.29 is 28.0 Å². The first-order valence-electron chi connectivity index (χ1n) is 16.1. The van der Waals surface area contributed by atoms with Gasteiger partial charge in [-0.25, -0.2) is 9.78 Å². The Morgan fingerprint density at radius 2 is 1.60 bits per heavy atom. The van der Waals surface area contributed by atoms with Crippen LogP contribution in [-0.2, 0) is 18.8 Å². The van der Waals surface area contributed by atoms with E-state index in [1.165, 1.54) is 11.3 Å². The molecular weight excluding hydrogens is 581 g/mol. The third-order valence-corrected chi connectivity index (χ3v) is 15.3. The quantitative estimate of drug-likeness (QED) is 0.115. The first kappa shape index (κ1) is 39.2. The van der Waals surface area contributed by atoms with Crippen LogP contribution in [0.25, 0.3) is 0 Å². The number of hydrogen-bond acceptors (Lipinski definition) is 7. The van der Waals surface area contributed by atoms with Gasteiger partial charge in [-0.2, -0.15) is 0 Å². The lowest BCUT2D eigenvalue weighted by Crippen LogP contribution is -2.65. The molecule has 0 fully saturated rings. The minimum atomic E-state index is -2.08. The highest BCUT2D eigenvalue weighted by atomic mass is 32.1. The maximum absolute atomic E-state index is 14.2. The Kier molecular flexibility index (Phi) is 15.0. The van der Waals surface area contributed by atoms with Crippen molar-refractivity contribution in [1.29, 1.82) is 0 Å². The highest BCUT2D eigenvalue weighted by molar-refractivity contribution is 7.09. The molecule has 1 aromatic rings. The minimum Gasteiger partial charge on any atom is -0.461 e. The van der Waals surface area contributed by atoms with Gasteiger partial charge in [-0.1, -0.05) is 54.9 Å². The van der Waals surface area contributed by atoms with E-state index in [-0.39, 0.29) is 48.1 Å². The van der Waals surface area contributed by atoms with Crippen LogP contribution in [0.5, 0.6) is 0 Å². The van der Waals surface area contributed by atoms with Gasteiger partial charge in [0.2, 0.25) is 5.91 Å². The molecular formula is C32H61N4O5SSi+. The SMILES string of the molecule is CCOC(=O)c1csc([C@@H](C[C@H](C(C)C)N(C)C(=O)[C@@H](NC(=O)C(C)(C)[N+](C)(C)C)C(C)CC)O[Si](CC)(CC)CC)n1. The van der Waals surface area contributed by atoms with Crippen LogP contribution in [0.15, 0.2) is 5.38 Å². The highest BCUT2D eigenvalue weighted by Gasteiger charge is 2.44. The predicted molar refractivity (Wildman–Crippen MR) is 179 cm³/mol. The molecule has 4 atom stereocenters. The lowest BCUT2D eigenvalue weighted by Gasteiger charge is -2.42. The van der Waals surface area contributed by atoms with Gasteiger partial charge in [0.25, 0.3) is 5.91 Å². The standard InChI is InChI=1S/C32H60N4O5SSi/c1-15-23(8)27(34-31(39)32(9,10)36(12,13)14)29(37)35(11)25(22(6)7)20-26(41-43(17-3,18-4)19-5)28-33-24(21-42-28)30(38)40-16-2/h21-23,25-27H,15-20H2,1-14H3/p+1/t23?,25-,26-,27+/m1/s1. The summed E-state index contributed by atoms with van der Waals surface area (Å²) in [6.07, 6.45) is 0.924. The second-order valence-corrected chi connectivity index (χ2v) is 19.2. The van der Waals surface area contributed by atoms with Crippen molar-refractivity contribution in [2.45, 2.75) is 124 Å². The van der Waals surface area contributed by atoms with Crippen molar-refractivity contribution in [3.63, 3.8) is 0 Å². The second-order valence-electron chi connectivity index (χ2n) is 13.5. The predicted octanol–water partition coefficient (Wildman–Crippen LogP) is 6.27. The van der Waals surface area contributed by atoms with Gasteiger partial charge in [0.05, 0.1) is 33.9 Å². The van der Waals surface area contributed by atoms with E-state index < -0.39 is 25.9 Å². The number of ether oxygens (including phenoxy) is 1. The topological polar surface area (TPSA) is 97.8 Å². The molecule has 0 aliphatic carbocycles. The third kappa shape index (κ3) is 9.83. The Labute approximate surface area is 266 Å². The van der Waals surface area contributed by atoms with E-state index in [4.69, 9.17) is 9.16 Å². The zero-order valence-electron chi connectivity index (χ0n) is 29.5. The molecule has 0 radical (unpaired) electrons. The van der Waals surface area contributed by atoms with Crippen LogP contribution in [0, 0.1) is 11.8 Å². The van der Waals surface area contributed by atoms with Gasteiger partial charge in [-0.3, -0.25) is 9.59 Å². The molecule has 0 saturated carbocycles. The zero-order chi connectivity index (χ0) is 33.3. The van der Waals surface area contributed by atoms with Crippen molar-refractivity contribution in [3.05, 3.63) is 16.1 Å². The number of nitrogens with zero attached hydrogens (tertiary/aromatic N) is 3. The molecule has 1 aromatic heterocycles. The number of esters is 1. The van der Waals surface area contributed by atoms with Crippen molar-refractivity contribution in [1.82, 2.24) is 15.2 Å². The van der Waals surface area contributed by atoms with Crippen molar-refractivity contribution in [3.8, 4) is 0 Å². The number of carbonyl (C=O) groups is 3. The number of likely N-dealkylation sites (N-methyl/N-ethyl adjacent to an activating group) is 2. The molecule has 1 rings (SSSR count). The number of quaternary nitrogens is 1. The fraction of sp³-hybridized carbons (Fsp3) is 0.812. The summed E-state index contributed by atoms with van der Waals surface area (Å²) in [5.74, 6) is -0.623. The number of amides is 2. The minimum absolute atomic E-state index is 0.0477. The molecule has 0 bridgehead atoms. The number of rotatable bonds is 18. The summed E-state index contributed by atoms with van der Waals surface area (Å²) in [6.45, 7) is 20.7. The Morgan fingerprint density at radius 3 is 2.05 bits per heavy atom. The molecule has 0 spiro atoms. The lowest BCUT2D eigenvalue weighted by atomic mass is 9.92. The van der Waals surface area contributed by atoms with E-state index >= 15 is 0 Å². The summed E-state index contributed by atoms with van der Waals surface area (Å²) < 4.78 is 12.7. The molecule has 43 heavy (non-hydrogen) atoms. The molecule has 2 amide bonds. The Hall–Kier alpha value is -1.82. The van der Waals surface area contributed by atoms with Crippen LogP contribution in [0.4, 0.5) is 0 Å². The highest BCUT2D eigenvalue weighted by Crippen LogP contribution is 2.36. The molecule has 0 aromatic carbocycles. The van der Waals surface area contributed by atoms with E-state index in [1.54, 1.807) is 12.3 Å². The molecule has 1 unspecified atom stereocenters. The number of aromatic nitrogens is 1. The fourth-order valence-electron chi connectivity index (χ4n) is 5.02. The molecule has 1 N–H and O–H groups in total. The van der Waals surface area contributed by atoms with E-state index in [0.29, 0.717) is 10.9 Å². The Morgan fingerprint density at radius 1 is 1.05 bits per heavy atom. The van der Waals surface area contributed by atoms with Crippen molar-refractivity contribution >= 4 is 37.4 Å².